The molecule has 1 heterocycles. The van der Waals surface area contributed by atoms with Crippen molar-refractivity contribution in [3.8, 4) is 5.88 Å². The van der Waals surface area contributed by atoms with Crippen molar-refractivity contribution in [1.29, 1.82) is 0 Å². The van der Waals surface area contributed by atoms with Gasteiger partial charge in [0.05, 0.1) is 13.2 Å². The highest BCUT2D eigenvalue weighted by molar-refractivity contribution is 5.29. The van der Waals surface area contributed by atoms with Crippen molar-refractivity contribution in [1.82, 2.24) is 15.3 Å². The fraction of sp³-hybridized carbons (Fsp3) is 0.375. The van der Waals surface area contributed by atoms with Crippen molar-refractivity contribution in [2.24, 2.45) is 0 Å². The van der Waals surface area contributed by atoms with Crippen LogP contribution in [-0.4, -0.2) is 24.1 Å². The van der Waals surface area contributed by atoms with Crippen LogP contribution in [0.15, 0.2) is 42.7 Å². The van der Waals surface area contributed by atoms with Crippen LogP contribution < -0.4 is 10.1 Å². The number of nitrogens with zero attached hydrogens (tertiary/aromatic N) is 2. The van der Waals surface area contributed by atoms with E-state index < -0.39 is 0 Å². The average molecular weight is 271 g/mol. The number of rotatable bonds is 6. The second-order valence-electron chi connectivity index (χ2n) is 4.64. The van der Waals surface area contributed by atoms with Crippen LogP contribution in [0.2, 0.25) is 0 Å². The van der Waals surface area contributed by atoms with Crippen molar-refractivity contribution in [3.05, 3.63) is 54.0 Å². The van der Waals surface area contributed by atoms with Crippen LogP contribution in [-0.2, 0) is 0 Å². The number of likely N-dealkylation sites (N-methyl/N-ethyl adjacent to an activating group) is 1. The topological polar surface area (TPSA) is 47.0 Å². The van der Waals surface area contributed by atoms with Crippen molar-refractivity contribution >= 4 is 0 Å². The molecule has 20 heavy (non-hydrogen) atoms. The molecule has 4 heteroatoms. The second kappa shape index (κ2) is 7.01. The van der Waals surface area contributed by atoms with E-state index in [1.165, 1.54) is 5.56 Å². The Labute approximate surface area is 120 Å². The third-order valence-corrected chi connectivity index (χ3v) is 3.56. The summed E-state index contributed by atoms with van der Waals surface area (Å²) < 4.78 is 5.35. The van der Waals surface area contributed by atoms with Gasteiger partial charge in [0.2, 0.25) is 5.88 Å². The van der Waals surface area contributed by atoms with Gasteiger partial charge in [-0.25, -0.2) is 4.98 Å². The molecule has 2 aromatic rings. The second-order valence-corrected chi connectivity index (χ2v) is 4.64. The summed E-state index contributed by atoms with van der Waals surface area (Å²) in [5.74, 6) is 0.910. The maximum absolute atomic E-state index is 5.35. The summed E-state index contributed by atoms with van der Waals surface area (Å²) in [4.78, 5) is 8.72. The molecule has 0 radical (unpaired) electrons. The number of nitrogens with one attached hydrogen (secondary N) is 1. The normalized spacial score (nSPS) is 13.8. The Morgan fingerprint density at radius 3 is 2.45 bits per heavy atom. The van der Waals surface area contributed by atoms with Gasteiger partial charge in [0.1, 0.15) is 5.69 Å². The number of hydrogen-bond donors (Lipinski definition) is 1. The van der Waals surface area contributed by atoms with Crippen LogP contribution in [0.4, 0.5) is 0 Å². The summed E-state index contributed by atoms with van der Waals surface area (Å²) in [5, 5.41) is 3.36. The lowest BCUT2D eigenvalue weighted by molar-refractivity contribution is 0.367. The molecule has 2 rings (SSSR count). The zero-order chi connectivity index (χ0) is 14.4. The molecule has 4 nitrogen and oxygen atoms in total. The van der Waals surface area contributed by atoms with E-state index in [4.69, 9.17) is 4.74 Å². The van der Waals surface area contributed by atoms with Crippen molar-refractivity contribution in [2.45, 2.75) is 25.3 Å². The quantitative estimate of drug-likeness (QED) is 0.877. The first-order valence-electron chi connectivity index (χ1n) is 6.88. The first-order valence-corrected chi connectivity index (χ1v) is 6.88. The van der Waals surface area contributed by atoms with Crippen LogP contribution in [0.1, 0.15) is 36.6 Å². The number of aromatic nitrogens is 2. The summed E-state index contributed by atoms with van der Waals surface area (Å²) in [6, 6.07) is 10.6. The lowest BCUT2D eigenvalue weighted by atomic mass is 9.87. The van der Waals surface area contributed by atoms with E-state index in [0.717, 1.165) is 12.1 Å². The van der Waals surface area contributed by atoms with Crippen molar-refractivity contribution in [2.75, 3.05) is 14.2 Å². The fourth-order valence-electron chi connectivity index (χ4n) is 2.60. The van der Waals surface area contributed by atoms with Crippen LogP contribution in [0.25, 0.3) is 0 Å². The van der Waals surface area contributed by atoms with Gasteiger partial charge in [-0.2, -0.15) is 0 Å². The van der Waals surface area contributed by atoms with Gasteiger partial charge in [-0.15, -0.1) is 0 Å². The van der Waals surface area contributed by atoms with Crippen LogP contribution in [0.3, 0.4) is 0 Å². The largest absolute Gasteiger partial charge is 0.480 e. The van der Waals surface area contributed by atoms with Gasteiger partial charge in [-0.1, -0.05) is 37.3 Å². The highest BCUT2D eigenvalue weighted by atomic mass is 16.5. The van der Waals surface area contributed by atoms with E-state index in [-0.39, 0.29) is 6.04 Å². The summed E-state index contributed by atoms with van der Waals surface area (Å²) in [5.41, 5.74) is 2.15. The molecule has 0 aliphatic rings. The SMILES string of the molecule is CCC(c1ccccc1)C(NC)c1nccnc1OC. The molecule has 0 amide bonds. The third-order valence-electron chi connectivity index (χ3n) is 3.56. The Balaban J connectivity index is 2.39. The average Bonchev–Trinajstić information content (AvgIpc) is 2.53. The van der Waals surface area contributed by atoms with E-state index in [9.17, 15) is 0 Å². The van der Waals surface area contributed by atoms with Crippen molar-refractivity contribution in [3.63, 3.8) is 0 Å². The minimum absolute atomic E-state index is 0.0750. The van der Waals surface area contributed by atoms with Crippen LogP contribution in [0, 0.1) is 0 Å². The summed E-state index contributed by atoms with van der Waals surface area (Å²) in [7, 11) is 3.58. The van der Waals surface area contributed by atoms with E-state index in [0.29, 0.717) is 11.8 Å². The van der Waals surface area contributed by atoms with Gasteiger partial charge >= 0.3 is 0 Å². The van der Waals surface area contributed by atoms with Gasteiger partial charge in [-0.3, -0.25) is 4.98 Å². The number of ether oxygens (including phenoxy) is 1. The molecule has 0 bridgehead atoms. The molecule has 0 aliphatic heterocycles. The van der Waals surface area contributed by atoms with Gasteiger partial charge in [-0.05, 0) is 19.0 Å². The molecule has 0 fully saturated rings. The van der Waals surface area contributed by atoms with Gasteiger partial charge in [0.15, 0.2) is 0 Å². The lowest BCUT2D eigenvalue weighted by Crippen LogP contribution is -2.25. The molecule has 0 saturated carbocycles. The molecule has 1 aromatic heterocycles. The standard InChI is InChI=1S/C16H21N3O/c1-4-13(12-8-6-5-7-9-12)14(17-2)15-16(20-3)19-11-10-18-15/h5-11,13-14,17H,4H2,1-3H3. The first kappa shape index (κ1) is 14.5. The number of hydrogen-bond acceptors (Lipinski definition) is 4. The van der Waals surface area contributed by atoms with Crippen LogP contribution in [0.5, 0.6) is 5.88 Å². The molecule has 2 unspecified atom stereocenters. The smallest absolute Gasteiger partial charge is 0.237 e. The van der Waals surface area contributed by atoms with Gasteiger partial charge < -0.3 is 10.1 Å². The van der Waals surface area contributed by atoms with Crippen LogP contribution >= 0.6 is 0 Å². The molecule has 2 atom stereocenters. The Bertz CT molecular complexity index is 530. The predicted molar refractivity (Wildman–Crippen MR) is 79.9 cm³/mol. The molecular weight excluding hydrogens is 250 g/mol. The molecule has 1 N–H and O–H groups in total. The van der Waals surface area contributed by atoms with E-state index >= 15 is 0 Å². The van der Waals surface area contributed by atoms with Crippen molar-refractivity contribution < 1.29 is 4.74 Å². The maximum Gasteiger partial charge on any atom is 0.237 e. The monoisotopic (exact) mass is 271 g/mol. The summed E-state index contributed by atoms with van der Waals surface area (Å²) in [6.07, 6.45) is 4.37. The summed E-state index contributed by atoms with van der Waals surface area (Å²) >= 11 is 0. The highest BCUT2D eigenvalue weighted by Crippen LogP contribution is 2.35. The molecule has 0 spiro atoms. The highest BCUT2D eigenvalue weighted by Gasteiger charge is 2.26. The number of methoxy groups -OCH3 is 1. The Morgan fingerprint density at radius 2 is 1.85 bits per heavy atom. The molecule has 0 saturated heterocycles. The molecule has 1 aromatic carbocycles. The maximum atomic E-state index is 5.35. The fourth-order valence-corrected chi connectivity index (χ4v) is 2.60. The number of benzene rings is 1. The predicted octanol–water partition coefficient (Wildman–Crippen LogP) is 2.94. The molecule has 106 valence electrons. The van der Waals surface area contributed by atoms with E-state index in [2.05, 4.69) is 46.5 Å². The first-order chi connectivity index (χ1) is 9.81. The van der Waals surface area contributed by atoms with Gasteiger partial charge in [0.25, 0.3) is 0 Å². The zero-order valence-corrected chi connectivity index (χ0v) is 12.2. The lowest BCUT2D eigenvalue weighted by Gasteiger charge is -2.26. The van der Waals surface area contributed by atoms with E-state index in [1.807, 2.05) is 13.1 Å². The Hall–Kier alpha value is -1.94. The van der Waals surface area contributed by atoms with Gasteiger partial charge in [0, 0.05) is 18.3 Å². The molecule has 0 aliphatic carbocycles. The molecular formula is C16H21N3O. The Kier molecular flexibility index (Phi) is 5.07. The zero-order valence-electron chi connectivity index (χ0n) is 12.2. The minimum Gasteiger partial charge on any atom is -0.480 e. The summed E-state index contributed by atoms with van der Waals surface area (Å²) in [6.45, 7) is 2.19. The third kappa shape index (κ3) is 2.96. The minimum atomic E-state index is 0.0750. The van der Waals surface area contributed by atoms with E-state index in [1.54, 1.807) is 19.5 Å². The Morgan fingerprint density at radius 1 is 1.15 bits per heavy atom.